The quantitative estimate of drug-likeness (QED) is 0.771. The maximum atomic E-state index is 5.70. The maximum absolute atomic E-state index is 5.70. The molecule has 2 nitrogen and oxygen atoms in total. The lowest BCUT2D eigenvalue weighted by molar-refractivity contribution is 0.0970. The van der Waals surface area contributed by atoms with Gasteiger partial charge in [0.25, 0.3) is 0 Å². The molecule has 0 saturated carbocycles. The van der Waals surface area contributed by atoms with Gasteiger partial charge in [-0.15, -0.1) is 11.3 Å². The summed E-state index contributed by atoms with van der Waals surface area (Å²) in [5.41, 5.74) is 1.35. The van der Waals surface area contributed by atoms with Gasteiger partial charge in [-0.2, -0.15) is 0 Å². The highest BCUT2D eigenvalue weighted by Crippen LogP contribution is 2.22. The minimum Gasteiger partial charge on any atom is -0.376 e. The smallest absolute Gasteiger partial charge is 0.0727 e. The molecule has 1 heterocycles. The fraction of sp³-hybridized carbons (Fsp3) is 0.733. The van der Waals surface area contributed by atoms with Gasteiger partial charge in [-0.25, -0.2) is 0 Å². The van der Waals surface area contributed by atoms with E-state index in [2.05, 4.69) is 46.0 Å². The van der Waals surface area contributed by atoms with Gasteiger partial charge in [-0.1, -0.05) is 27.7 Å². The van der Waals surface area contributed by atoms with E-state index in [-0.39, 0.29) is 0 Å². The Morgan fingerprint density at radius 3 is 2.56 bits per heavy atom. The lowest BCUT2D eigenvalue weighted by Gasteiger charge is -2.06. The third-order valence-electron chi connectivity index (χ3n) is 2.63. The van der Waals surface area contributed by atoms with Crippen LogP contribution in [0.25, 0.3) is 0 Å². The SMILES string of the molecule is Cc1sc(CNCC(C)C)cc1COCC(C)C. The van der Waals surface area contributed by atoms with Crippen molar-refractivity contribution in [2.75, 3.05) is 13.2 Å². The molecule has 0 unspecified atom stereocenters. The van der Waals surface area contributed by atoms with Gasteiger partial charge in [0.05, 0.1) is 6.61 Å². The van der Waals surface area contributed by atoms with E-state index in [1.54, 1.807) is 0 Å². The van der Waals surface area contributed by atoms with Crippen LogP contribution in [-0.2, 0) is 17.9 Å². The Morgan fingerprint density at radius 1 is 1.22 bits per heavy atom. The molecular formula is C15H27NOS. The van der Waals surface area contributed by atoms with Gasteiger partial charge in [0, 0.05) is 22.9 Å². The highest BCUT2D eigenvalue weighted by molar-refractivity contribution is 7.12. The molecule has 0 bridgehead atoms. The summed E-state index contributed by atoms with van der Waals surface area (Å²) in [6, 6.07) is 2.29. The molecule has 0 aliphatic carbocycles. The molecule has 0 fully saturated rings. The van der Waals surface area contributed by atoms with Crippen LogP contribution in [-0.4, -0.2) is 13.2 Å². The summed E-state index contributed by atoms with van der Waals surface area (Å²) in [5, 5.41) is 3.49. The Kier molecular flexibility index (Phi) is 6.90. The third-order valence-corrected chi connectivity index (χ3v) is 3.72. The van der Waals surface area contributed by atoms with Crippen LogP contribution >= 0.6 is 11.3 Å². The average molecular weight is 269 g/mol. The third kappa shape index (κ3) is 5.98. The fourth-order valence-corrected chi connectivity index (χ4v) is 2.72. The molecule has 0 aromatic carbocycles. The van der Waals surface area contributed by atoms with Gasteiger partial charge in [0.15, 0.2) is 0 Å². The summed E-state index contributed by atoms with van der Waals surface area (Å²) >= 11 is 1.88. The van der Waals surface area contributed by atoms with Crippen molar-refractivity contribution in [1.82, 2.24) is 5.32 Å². The lowest BCUT2D eigenvalue weighted by atomic mass is 10.2. The molecule has 0 spiro atoms. The molecule has 1 rings (SSSR count). The molecule has 0 radical (unpaired) electrons. The summed E-state index contributed by atoms with van der Waals surface area (Å²) in [6.07, 6.45) is 0. The first kappa shape index (κ1) is 15.7. The normalized spacial score (nSPS) is 11.7. The molecular weight excluding hydrogens is 242 g/mol. The summed E-state index contributed by atoms with van der Waals surface area (Å²) in [4.78, 5) is 2.80. The van der Waals surface area contributed by atoms with E-state index in [0.717, 1.165) is 26.3 Å². The average Bonchev–Trinajstić information content (AvgIpc) is 2.58. The first-order valence-electron chi connectivity index (χ1n) is 6.85. The number of ether oxygens (including phenoxy) is 1. The first-order chi connectivity index (χ1) is 8.49. The van der Waals surface area contributed by atoms with Crippen molar-refractivity contribution in [3.8, 4) is 0 Å². The van der Waals surface area contributed by atoms with E-state index in [1.165, 1.54) is 15.3 Å². The summed E-state index contributed by atoms with van der Waals surface area (Å²) in [5.74, 6) is 1.32. The van der Waals surface area contributed by atoms with Crippen LogP contribution in [0.4, 0.5) is 0 Å². The number of nitrogens with one attached hydrogen (secondary N) is 1. The minimum absolute atomic E-state index is 0.608. The molecule has 18 heavy (non-hydrogen) atoms. The molecule has 104 valence electrons. The van der Waals surface area contributed by atoms with Crippen molar-refractivity contribution >= 4 is 11.3 Å². The van der Waals surface area contributed by atoms with E-state index in [9.17, 15) is 0 Å². The van der Waals surface area contributed by atoms with E-state index >= 15 is 0 Å². The minimum atomic E-state index is 0.608. The van der Waals surface area contributed by atoms with Crippen LogP contribution in [0, 0.1) is 18.8 Å². The van der Waals surface area contributed by atoms with Gasteiger partial charge in [-0.05, 0) is 36.9 Å². The van der Waals surface area contributed by atoms with Gasteiger partial charge in [0.1, 0.15) is 0 Å². The largest absolute Gasteiger partial charge is 0.376 e. The number of rotatable bonds is 8. The number of aryl methyl sites for hydroxylation is 1. The molecule has 0 aliphatic heterocycles. The second-order valence-corrected chi connectivity index (χ2v) is 7.07. The van der Waals surface area contributed by atoms with E-state index < -0.39 is 0 Å². The molecule has 3 heteroatoms. The van der Waals surface area contributed by atoms with Crippen molar-refractivity contribution in [1.29, 1.82) is 0 Å². The number of hydrogen-bond acceptors (Lipinski definition) is 3. The first-order valence-corrected chi connectivity index (χ1v) is 7.67. The topological polar surface area (TPSA) is 21.3 Å². The van der Waals surface area contributed by atoms with E-state index in [1.807, 2.05) is 11.3 Å². The zero-order valence-electron chi connectivity index (χ0n) is 12.4. The van der Waals surface area contributed by atoms with Crippen molar-refractivity contribution in [2.24, 2.45) is 11.8 Å². The molecule has 1 N–H and O–H groups in total. The zero-order chi connectivity index (χ0) is 13.5. The molecule has 0 amide bonds. The van der Waals surface area contributed by atoms with Crippen LogP contribution in [0.5, 0.6) is 0 Å². The van der Waals surface area contributed by atoms with Gasteiger partial charge < -0.3 is 10.1 Å². The molecule has 0 atom stereocenters. The van der Waals surface area contributed by atoms with Gasteiger partial charge in [-0.3, -0.25) is 0 Å². The van der Waals surface area contributed by atoms with Crippen LogP contribution in [0.15, 0.2) is 6.07 Å². The number of thiophene rings is 1. The summed E-state index contributed by atoms with van der Waals surface area (Å²) in [6.45, 7) is 14.7. The van der Waals surface area contributed by atoms with Gasteiger partial charge >= 0.3 is 0 Å². The van der Waals surface area contributed by atoms with E-state index in [4.69, 9.17) is 4.74 Å². The molecule has 0 aliphatic rings. The Balaban J connectivity index is 2.38. The fourth-order valence-electron chi connectivity index (χ4n) is 1.71. The van der Waals surface area contributed by atoms with Crippen molar-refractivity contribution in [3.63, 3.8) is 0 Å². The van der Waals surface area contributed by atoms with Crippen molar-refractivity contribution in [3.05, 3.63) is 21.4 Å². The highest BCUT2D eigenvalue weighted by Gasteiger charge is 2.06. The Labute approximate surface area is 116 Å². The van der Waals surface area contributed by atoms with Crippen LogP contribution in [0.1, 0.15) is 43.0 Å². The predicted molar refractivity (Wildman–Crippen MR) is 80.1 cm³/mol. The zero-order valence-corrected chi connectivity index (χ0v) is 13.2. The van der Waals surface area contributed by atoms with Crippen molar-refractivity contribution in [2.45, 2.75) is 47.8 Å². The molecule has 1 aromatic heterocycles. The van der Waals surface area contributed by atoms with Crippen LogP contribution in [0.2, 0.25) is 0 Å². The molecule has 0 saturated heterocycles. The lowest BCUT2D eigenvalue weighted by Crippen LogP contribution is -2.18. The second kappa shape index (κ2) is 7.93. The van der Waals surface area contributed by atoms with Gasteiger partial charge in [0.2, 0.25) is 0 Å². The monoisotopic (exact) mass is 269 g/mol. The van der Waals surface area contributed by atoms with E-state index in [0.29, 0.717) is 11.8 Å². The van der Waals surface area contributed by atoms with Crippen LogP contribution in [0.3, 0.4) is 0 Å². The highest BCUT2D eigenvalue weighted by atomic mass is 32.1. The van der Waals surface area contributed by atoms with Crippen LogP contribution < -0.4 is 5.32 Å². The Bertz CT molecular complexity index is 344. The number of hydrogen-bond donors (Lipinski definition) is 1. The second-order valence-electron chi connectivity index (χ2n) is 5.73. The maximum Gasteiger partial charge on any atom is 0.0727 e. The predicted octanol–water partition coefficient (Wildman–Crippen LogP) is 3.97. The van der Waals surface area contributed by atoms with Crippen molar-refractivity contribution < 1.29 is 4.74 Å². The summed E-state index contributed by atoms with van der Waals surface area (Å²) in [7, 11) is 0. The standard InChI is InChI=1S/C15H27NOS/c1-11(2)7-16-8-15-6-14(13(5)18-15)10-17-9-12(3)4/h6,11-12,16H,7-10H2,1-5H3. The molecule has 1 aromatic rings. The Morgan fingerprint density at radius 2 is 1.94 bits per heavy atom. The summed E-state index contributed by atoms with van der Waals surface area (Å²) < 4.78 is 5.70. The Hall–Kier alpha value is -0.380.